The van der Waals surface area contributed by atoms with Crippen molar-refractivity contribution in [1.29, 1.82) is 0 Å². The fourth-order valence-corrected chi connectivity index (χ4v) is 0.757. The Bertz CT molecular complexity index is 104. The second kappa shape index (κ2) is 3.87. The van der Waals surface area contributed by atoms with Crippen LogP contribution in [0.5, 0.6) is 0 Å². The van der Waals surface area contributed by atoms with Gasteiger partial charge in [0.15, 0.2) is 0 Å². The number of hydrogen-bond donors (Lipinski definition) is 0. The van der Waals surface area contributed by atoms with Gasteiger partial charge >= 0.3 is 0 Å². The van der Waals surface area contributed by atoms with Crippen LogP contribution < -0.4 is 0 Å². The zero-order valence-electron chi connectivity index (χ0n) is 3.42. The highest BCUT2D eigenvalue weighted by molar-refractivity contribution is 9.16. The van der Waals surface area contributed by atoms with Gasteiger partial charge in [-0.1, -0.05) is 38.4 Å². The van der Waals surface area contributed by atoms with Gasteiger partial charge in [-0.25, -0.2) is 0 Å². The third-order valence-electron chi connectivity index (χ3n) is 0.355. The second-order valence-electron chi connectivity index (χ2n) is 0.862. The van der Waals surface area contributed by atoms with E-state index in [9.17, 15) is 0 Å². The molecule has 40 valence electrons. The van der Waals surface area contributed by atoms with E-state index < -0.39 is 0 Å². The van der Waals surface area contributed by atoms with Crippen LogP contribution in [0, 0.1) is 0 Å². The van der Waals surface area contributed by atoms with Gasteiger partial charge in [-0.2, -0.15) is 0 Å². The van der Waals surface area contributed by atoms with Crippen molar-refractivity contribution in [2.24, 2.45) is 0 Å². The lowest BCUT2D eigenvalue weighted by molar-refractivity contribution is 2.02. The van der Waals surface area contributed by atoms with Gasteiger partial charge in [-0.3, -0.25) is 0 Å². The van der Waals surface area contributed by atoms with Gasteiger partial charge in [0.1, 0.15) is 0 Å². The molecular weight excluding hydrogens is 288 g/mol. The quantitative estimate of drug-likeness (QED) is 0.648. The summed E-state index contributed by atoms with van der Waals surface area (Å²) in [5.41, 5.74) is 0. The highest BCUT2D eigenvalue weighted by atomic mass is 79.9. The highest BCUT2D eigenvalue weighted by Crippen LogP contribution is 2.21. The van der Waals surface area contributed by atoms with Gasteiger partial charge in [-0.05, 0) is 20.9 Å². The van der Waals surface area contributed by atoms with Crippen LogP contribution in [0.2, 0.25) is 0 Å². The van der Waals surface area contributed by atoms with E-state index >= 15 is 0 Å². The normalized spacial score (nSPS) is 11.6. The summed E-state index contributed by atoms with van der Waals surface area (Å²) in [5, 5.41) is 0. The van der Waals surface area contributed by atoms with E-state index in [1.807, 2.05) is 0 Å². The summed E-state index contributed by atoms with van der Waals surface area (Å²) in [7, 11) is 0. The number of rotatable bonds is 1. The zero-order valence-corrected chi connectivity index (χ0v) is 8.18. The summed E-state index contributed by atoms with van der Waals surface area (Å²) in [6.07, 6.45) is 0. The second-order valence-corrected chi connectivity index (χ2v) is 3.13. The van der Waals surface area contributed by atoms with Crippen molar-refractivity contribution in [3.8, 4) is 0 Å². The largest absolute Gasteiger partial charge is 0.0836 e. The number of allylic oxidation sites excluding steroid dienone is 2. The Morgan fingerprint density at radius 3 is 1.86 bits per heavy atom. The third-order valence-corrected chi connectivity index (χ3v) is 3.09. The number of halogens is 3. The molecule has 7 heavy (non-hydrogen) atoms. The molecule has 0 heterocycles. The lowest BCUT2D eigenvalue weighted by Gasteiger charge is -1.86. The molecular formula is C4H3Br3. The number of hydrogen-bond acceptors (Lipinski definition) is 0. The molecule has 0 spiro atoms. The first kappa shape index (κ1) is 7.92. The molecule has 0 aliphatic rings. The minimum atomic E-state index is 0.837. The van der Waals surface area contributed by atoms with Crippen LogP contribution in [0.15, 0.2) is 20.5 Å². The minimum absolute atomic E-state index is 0.837. The Morgan fingerprint density at radius 2 is 1.86 bits per heavy atom. The van der Waals surface area contributed by atoms with Crippen LogP contribution in [0.4, 0.5) is 0 Å². The van der Waals surface area contributed by atoms with Crippen LogP contribution in [-0.4, -0.2) is 0 Å². The molecule has 0 rings (SSSR count). The molecule has 0 unspecified atom stereocenters. The van der Waals surface area contributed by atoms with Crippen molar-refractivity contribution >= 4 is 47.8 Å². The van der Waals surface area contributed by atoms with Gasteiger partial charge < -0.3 is 0 Å². The predicted octanol–water partition coefficient (Wildman–Crippen LogP) is 3.53. The van der Waals surface area contributed by atoms with Gasteiger partial charge in [0, 0.05) is 8.96 Å². The molecule has 0 saturated heterocycles. The Kier molecular flexibility index (Phi) is 4.37. The lowest BCUT2D eigenvalue weighted by atomic mass is 10.6. The molecule has 0 aromatic carbocycles. The molecule has 0 aromatic heterocycles. The first-order valence-electron chi connectivity index (χ1n) is 1.49. The molecule has 0 radical (unpaired) electrons. The predicted molar refractivity (Wildman–Crippen MR) is 44.0 cm³/mol. The molecule has 0 fully saturated rings. The van der Waals surface area contributed by atoms with Crippen LogP contribution in [-0.2, 0) is 0 Å². The topological polar surface area (TPSA) is 0 Å². The molecule has 0 aliphatic heterocycles. The molecule has 0 nitrogen and oxygen atoms in total. The zero-order chi connectivity index (χ0) is 5.86. The summed E-state index contributed by atoms with van der Waals surface area (Å²) >= 11 is 9.48. The summed E-state index contributed by atoms with van der Waals surface area (Å²) in [6, 6.07) is 0. The van der Waals surface area contributed by atoms with Crippen molar-refractivity contribution in [3.05, 3.63) is 20.5 Å². The summed E-state index contributed by atoms with van der Waals surface area (Å²) < 4.78 is 1.76. The Balaban J connectivity index is 3.82. The molecule has 0 aliphatic carbocycles. The molecule has 3 heteroatoms. The maximum Gasteiger partial charge on any atom is 0.0380 e. The molecule has 0 amide bonds. The Morgan fingerprint density at radius 1 is 1.43 bits per heavy atom. The lowest BCUT2D eigenvalue weighted by Crippen LogP contribution is -1.59. The fraction of sp³-hybridized carbons (Fsp3) is 0. The van der Waals surface area contributed by atoms with Crippen LogP contribution in [0.25, 0.3) is 0 Å². The highest BCUT2D eigenvalue weighted by Gasteiger charge is 1.87. The van der Waals surface area contributed by atoms with E-state index in [0.29, 0.717) is 0 Å². The first-order valence-corrected chi connectivity index (χ1v) is 3.99. The van der Waals surface area contributed by atoms with Gasteiger partial charge in [0.05, 0.1) is 0 Å². The molecule has 0 saturated carbocycles. The maximum absolute atomic E-state index is 3.60. The summed E-state index contributed by atoms with van der Waals surface area (Å²) in [6.45, 7) is 3.60. The average molecular weight is 291 g/mol. The monoisotopic (exact) mass is 288 g/mol. The van der Waals surface area contributed by atoms with E-state index in [1.54, 1.807) is 4.99 Å². The van der Waals surface area contributed by atoms with E-state index in [-0.39, 0.29) is 0 Å². The van der Waals surface area contributed by atoms with Crippen LogP contribution in [0.3, 0.4) is 0 Å². The van der Waals surface area contributed by atoms with Gasteiger partial charge in [0.2, 0.25) is 0 Å². The Hall–Kier alpha value is 0.920. The molecule has 0 bridgehead atoms. The fourth-order valence-electron chi connectivity index (χ4n) is 0.0592. The molecule has 0 aromatic rings. The average Bonchev–Trinajstić information content (AvgIpc) is 1.65. The van der Waals surface area contributed by atoms with Crippen molar-refractivity contribution in [2.75, 3.05) is 0 Å². The SMILES string of the molecule is C=C(Br)C(Br)=CBr. The van der Waals surface area contributed by atoms with Crippen molar-refractivity contribution < 1.29 is 0 Å². The summed E-state index contributed by atoms with van der Waals surface area (Å²) in [4.78, 5) is 1.74. The van der Waals surface area contributed by atoms with Crippen LogP contribution >= 0.6 is 47.8 Å². The smallest absolute Gasteiger partial charge is 0.0380 e. The third kappa shape index (κ3) is 3.50. The van der Waals surface area contributed by atoms with Gasteiger partial charge in [0.25, 0.3) is 0 Å². The van der Waals surface area contributed by atoms with Crippen molar-refractivity contribution in [1.82, 2.24) is 0 Å². The first-order chi connectivity index (χ1) is 3.18. The Labute approximate surface area is 68.1 Å². The van der Waals surface area contributed by atoms with E-state index in [1.165, 1.54) is 0 Å². The van der Waals surface area contributed by atoms with E-state index in [0.717, 1.165) is 8.96 Å². The maximum atomic E-state index is 3.60. The van der Waals surface area contributed by atoms with Crippen molar-refractivity contribution in [3.63, 3.8) is 0 Å². The minimum Gasteiger partial charge on any atom is -0.0836 e. The molecule has 0 N–H and O–H groups in total. The van der Waals surface area contributed by atoms with E-state index in [2.05, 4.69) is 54.4 Å². The molecule has 0 atom stereocenters. The van der Waals surface area contributed by atoms with Crippen molar-refractivity contribution in [2.45, 2.75) is 0 Å². The summed E-state index contributed by atoms with van der Waals surface area (Å²) in [5.74, 6) is 0. The van der Waals surface area contributed by atoms with Crippen LogP contribution in [0.1, 0.15) is 0 Å². The standard InChI is InChI=1S/C4H3Br3/c1-3(6)4(7)2-5/h2H,1H2. The van der Waals surface area contributed by atoms with E-state index in [4.69, 9.17) is 0 Å². The van der Waals surface area contributed by atoms with Gasteiger partial charge in [-0.15, -0.1) is 0 Å².